The molecule has 1 atom stereocenters. The zero-order valence-electron chi connectivity index (χ0n) is 10.6. The average molecular weight is 263 g/mol. The summed E-state index contributed by atoms with van der Waals surface area (Å²) in [5.41, 5.74) is -0.472. The Labute approximate surface area is 105 Å². The Hall–Kier alpha value is -0.620. The van der Waals surface area contributed by atoms with Crippen LogP contribution in [-0.2, 0) is 15.8 Å². The number of nitrogens with zero attached hydrogens (tertiary/aromatic N) is 1. The van der Waals surface area contributed by atoms with E-state index in [9.17, 15) is 9.00 Å². The van der Waals surface area contributed by atoms with Gasteiger partial charge in [0, 0.05) is 13.1 Å². The van der Waals surface area contributed by atoms with Gasteiger partial charge in [0.1, 0.15) is 5.60 Å². The molecule has 0 aliphatic carbocycles. The van der Waals surface area contributed by atoms with Crippen molar-refractivity contribution in [3.63, 3.8) is 0 Å². The Morgan fingerprint density at radius 1 is 1.41 bits per heavy atom. The number of hydrogen-bond donors (Lipinski definition) is 1. The van der Waals surface area contributed by atoms with Gasteiger partial charge in [-0.3, -0.25) is 0 Å². The van der Waals surface area contributed by atoms with E-state index in [-0.39, 0.29) is 12.0 Å². The van der Waals surface area contributed by atoms with Crippen molar-refractivity contribution in [2.75, 3.05) is 18.8 Å². The highest BCUT2D eigenvalue weighted by molar-refractivity contribution is 7.79. The van der Waals surface area contributed by atoms with Gasteiger partial charge >= 0.3 is 6.09 Å². The number of ether oxygens (including phenoxy) is 1. The van der Waals surface area contributed by atoms with Gasteiger partial charge in [0.25, 0.3) is 0 Å². The van der Waals surface area contributed by atoms with Crippen molar-refractivity contribution in [1.29, 1.82) is 0 Å². The Morgan fingerprint density at radius 2 is 1.94 bits per heavy atom. The van der Waals surface area contributed by atoms with Crippen molar-refractivity contribution < 1.29 is 18.3 Å². The fourth-order valence-electron chi connectivity index (χ4n) is 1.81. The van der Waals surface area contributed by atoms with E-state index in [4.69, 9.17) is 9.29 Å². The van der Waals surface area contributed by atoms with E-state index in [0.717, 1.165) is 12.8 Å². The third kappa shape index (κ3) is 5.50. The molecule has 0 radical (unpaired) electrons. The first kappa shape index (κ1) is 14.4. The van der Waals surface area contributed by atoms with Crippen LogP contribution in [-0.4, -0.2) is 44.2 Å². The minimum Gasteiger partial charge on any atom is -0.444 e. The van der Waals surface area contributed by atoms with Crippen LogP contribution in [0.2, 0.25) is 0 Å². The summed E-state index contributed by atoms with van der Waals surface area (Å²) in [7, 11) is 0. The first-order chi connectivity index (χ1) is 7.78. The van der Waals surface area contributed by atoms with Crippen molar-refractivity contribution in [3.8, 4) is 0 Å². The van der Waals surface area contributed by atoms with E-state index in [0.29, 0.717) is 18.8 Å². The van der Waals surface area contributed by atoms with Gasteiger partial charge < -0.3 is 14.2 Å². The van der Waals surface area contributed by atoms with E-state index >= 15 is 0 Å². The van der Waals surface area contributed by atoms with Gasteiger partial charge in [0.15, 0.2) is 11.1 Å². The van der Waals surface area contributed by atoms with Crippen LogP contribution in [0.3, 0.4) is 0 Å². The fourth-order valence-corrected chi connectivity index (χ4v) is 2.55. The molecule has 0 aromatic heterocycles. The molecule has 1 unspecified atom stereocenters. The Bertz CT molecular complexity index is 292. The molecule has 0 spiro atoms. The highest BCUT2D eigenvalue weighted by atomic mass is 32.2. The van der Waals surface area contributed by atoms with Crippen LogP contribution in [0.1, 0.15) is 33.6 Å². The zero-order valence-corrected chi connectivity index (χ0v) is 11.5. The van der Waals surface area contributed by atoms with Crippen LogP contribution < -0.4 is 0 Å². The lowest BCUT2D eigenvalue weighted by Crippen LogP contribution is -2.42. The quantitative estimate of drug-likeness (QED) is 0.772. The van der Waals surface area contributed by atoms with Crippen LogP contribution in [0.4, 0.5) is 4.79 Å². The Morgan fingerprint density at radius 3 is 2.35 bits per heavy atom. The second kappa shape index (κ2) is 5.82. The van der Waals surface area contributed by atoms with Crippen molar-refractivity contribution in [3.05, 3.63) is 0 Å². The minimum absolute atomic E-state index is 0.236. The van der Waals surface area contributed by atoms with E-state index in [2.05, 4.69) is 0 Å². The molecule has 1 aliphatic rings. The van der Waals surface area contributed by atoms with Crippen LogP contribution >= 0.6 is 0 Å². The van der Waals surface area contributed by atoms with Gasteiger partial charge in [0.2, 0.25) is 0 Å². The van der Waals surface area contributed by atoms with Crippen LogP contribution in [0.15, 0.2) is 0 Å². The molecule has 1 N–H and O–H groups in total. The smallest absolute Gasteiger partial charge is 0.410 e. The van der Waals surface area contributed by atoms with Crippen LogP contribution in [0.25, 0.3) is 0 Å². The maximum Gasteiger partial charge on any atom is 0.410 e. The van der Waals surface area contributed by atoms with E-state index in [1.807, 2.05) is 20.8 Å². The van der Waals surface area contributed by atoms with Crippen LogP contribution in [0, 0.1) is 5.92 Å². The lowest BCUT2D eigenvalue weighted by molar-refractivity contribution is 0.0191. The maximum atomic E-state index is 11.7. The topological polar surface area (TPSA) is 66.8 Å². The van der Waals surface area contributed by atoms with E-state index in [1.165, 1.54) is 0 Å². The molecular formula is C11H21NO4S. The molecule has 0 saturated carbocycles. The average Bonchev–Trinajstić information content (AvgIpc) is 2.15. The van der Waals surface area contributed by atoms with Gasteiger partial charge in [-0.1, -0.05) is 0 Å². The first-order valence-corrected chi connectivity index (χ1v) is 7.11. The summed E-state index contributed by atoms with van der Waals surface area (Å²) >= 11 is -1.74. The summed E-state index contributed by atoms with van der Waals surface area (Å²) < 4.78 is 24.7. The second-order valence-electron chi connectivity index (χ2n) is 5.40. The summed E-state index contributed by atoms with van der Waals surface area (Å²) in [4.78, 5) is 13.4. The molecule has 1 saturated heterocycles. The highest BCUT2D eigenvalue weighted by Crippen LogP contribution is 2.20. The predicted octanol–water partition coefficient (Wildman–Crippen LogP) is 1.86. The third-order valence-electron chi connectivity index (χ3n) is 2.64. The van der Waals surface area contributed by atoms with E-state index in [1.54, 1.807) is 4.90 Å². The number of carbonyl (C=O) groups is 1. The van der Waals surface area contributed by atoms with Gasteiger partial charge in [-0.2, -0.15) is 0 Å². The number of carbonyl (C=O) groups excluding carboxylic acids is 1. The van der Waals surface area contributed by atoms with Gasteiger partial charge in [-0.15, -0.1) is 0 Å². The highest BCUT2D eigenvalue weighted by Gasteiger charge is 2.27. The Balaban J connectivity index is 2.36. The molecule has 0 aromatic rings. The molecule has 17 heavy (non-hydrogen) atoms. The molecule has 0 aromatic carbocycles. The second-order valence-corrected chi connectivity index (χ2v) is 6.38. The number of piperidine rings is 1. The number of hydrogen-bond acceptors (Lipinski definition) is 3. The summed E-state index contributed by atoms with van der Waals surface area (Å²) in [6.07, 6.45) is 1.25. The molecular weight excluding hydrogens is 242 g/mol. The van der Waals surface area contributed by atoms with Gasteiger partial charge in [0.05, 0.1) is 5.75 Å². The number of likely N-dealkylation sites (tertiary alicyclic amines) is 1. The van der Waals surface area contributed by atoms with Crippen molar-refractivity contribution >= 4 is 17.2 Å². The molecule has 1 amide bonds. The summed E-state index contributed by atoms with van der Waals surface area (Å²) in [6, 6.07) is 0. The molecule has 1 fully saturated rings. The van der Waals surface area contributed by atoms with Crippen molar-refractivity contribution in [2.24, 2.45) is 5.92 Å². The summed E-state index contributed by atoms with van der Waals surface area (Å²) in [6.45, 7) is 6.74. The van der Waals surface area contributed by atoms with Gasteiger partial charge in [-0.05, 0) is 39.5 Å². The largest absolute Gasteiger partial charge is 0.444 e. The van der Waals surface area contributed by atoms with Crippen molar-refractivity contribution in [2.45, 2.75) is 39.2 Å². The SMILES string of the molecule is CC(C)(C)OC(=O)N1CCC(CS(=O)O)CC1. The van der Waals surface area contributed by atoms with E-state index < -0.39 is 16.7 Å². The molecule has 6 heteroatoms. The third-order valence-corrected chi connectivity index (χ3v) is 3.40. The van der Waals surface area contributed by atoms with Crippen LogP contribution in [0.5, 0.6) is 0 Å². The Kier molecular flexibility index (Phi) is 4.94. The molecule has 1 rings (SSSR count). The number of rotatable bonds is 2. The lowest BCUT2D eigenvalue weighted by Gasteiger charge is -2.33. The normalized spacial score (nSPS) is 20.1. The molecule has 1 heterocycles. The summed E-state index contributed by atoms with van der Waals surface area (Å²) in [5, 5.41) is 0. The fraction of sp³-hybridized carbons (Fsp3) is 0.909. The standard InChI is InChI=1S/C11H21NO4S/c1-11(2,3)16-10(13)12-6-4-9(5-7-12)8-17(14)15/h9H,4-8H2,1-3H3,(H,14,15). The van der Waals surface area contributed by atoms with Crippen molar-refractivity contribution in [1.82, 2.24) is 4.90 Å². The molecule has 0 bridgehead atoms. The molecule has 100 valence electrons. The molecule has 5 nitrogen and oxygen atoms in total. The minimum atomic E-state index is -1.74. The maximum absolute atomic E-state index is 11.7. The van der Waals surface area contributed by atoms with Gasteiger partial charge in [-0.25, -0.2) is 9.00 Å². The number of amides is 1. The summed E-state index contributed by atoms with van der Waals surface area (Å²) in [5.74, 6) is 0.543. The zero-order chi connectivity index (χ0) is 13.1. The lowest BCUT2D eigenvalue weighted by atomic mass is 9.99. The molecule has 1 aliphatic heterocycles. The predicted molar refractivity (Wildman–Crippen MR) is 66.2 cm³/mol. The first-order valence-electron chi connectivity index (χ1n) is 5.83. The monoisotopic (exact) mass is 263 g/mol.